The van der Waals surface area contributed by atoms with E-state index in [0.29, 0.717) is 11.3 Å². The van der Waals surface area contributed by atoms with E-state index in [9.17, 15) is 9.90 Å². The quantitative estimate of drug-likeness (QED) is 0.285. The molecule has 0 unspecified atom stereocenters. The summed E-state index contributed by atoms with van der Waals surface area (Å²) in [6.45, 7) is 25.6. The van der Waals surface area contributed by atoms with Crippen molar-refractivity contribution >= 4 is 25.0 Å². The lowest BCUT2D eigenvalue weighted by Gasteiger charge is -2.41. The third kappa shape index (κ3) is 7.33. The van der Waals surface area contributed by atoms with E-state index in [0.717, 1.165) is 85.5 Å². The van der Waals surface area contributed by atoms with Crippen LogP contribution >= 0.6 is 0 Å². The Kier molecular flexibility index (Phi) is 9.07. The van der Waals surface area contributed by atoms with Crippen molar-refractivity contribution in [2.24, 2.45) is 5.41 Å². The first-order chi connectivity index (χ1) is 20.9. The monoisotopic (exact) mass is 632 g/mol. The molecular formula is C35H52N6O3Si. The van der Waals surface area contributed by atoms with Crippen LogP contribution in [0.2, 0.25) is 19.6 Å². The molecule has 1 fully saturated rings. The highest BCUT2D eigenvalue weighted by atomic mass is 28.3. The van der Waals surface area contributed by atoms with Crippen molar-refractivity contribution in [3.63, 3.8) is 0 Å². The van der Waals surface area contributed by atoms with Gasteiger partial charge in [0.2, 0.25) is 0 Å². The number of pyridine rings is 1. The predicted molar refractivity (Wildman–Crippen MR) is 183 cm³/mol. The van der Waals surface area contributed by atoms with Gasteiger partial charge in [0, 0.05) is 55.2 Å². The largest absolute Gasteiger partial charge is 0.479 e. The number of anilines is 1. The van der Waals surface area contributed by atoms with Crippen molar-refractivity contribution in [1.82, 2.24) is 25.3 Å². The van der Waals surface area contributed by atoms with Crippen LogP contribution in [-0.2, 0) is 29.0 Å². The molecule has 2 aliphatic rings. The molecule has 0 radical (unpaired) electrons. The molecule has 45 heavy (non-hydrogen) atoms. The third-order valence-electron chi connectivity index (χ3n) is 9.27. The van der Waals surface area contributed by atoms with Gasteiger partial charge in [-0.15, -0.1) is 5.10 Å². The number of aromatic nitrogens is 4. The molecule has 244 valence electrons. The number of nitrogens with zero attached hydrogens (tertiary/aromatic N) is 5. The summed E-state index contributed by atoms with van der Waals surface area (Å²) < 4.78 is 6.26. The summed E-state index contributed by atoms with van der Waals surface area (Å²) in [5.74, 6) is -0.987. The number of carboxylic acids is 1. The second-order valence-corrected chi connectivity index (χ2v) is 20.8. The van der Waals surface area contributed by atoms with Crippen LogP contribution in [0.5, 0.6) is 0 Å². The van der Waals surface area contributed by atoms with Gasteiger partial charge in [-0.3, -0.25) is 15.0 Å². The van der Waals surface area contributed by atoms with E-state index in [1.807, 2.05) is 27.7 Å². The Morgan fingerprint density at radius 3 is 2.40 bits per heavy atom. The first-order valence-electron chi connectivity index (χ1n) is 16.3. The van der Waals surface area contributed by atoms with E-state index in [-0.39, 0.29) is 5.41 Å². The van der Waals surface area contributed by atoms with E-state index in [2.05, 4.69) is 83.8 Å². The van der Waals surface area contributed by atoms with Crippen LogP contribution in [0.3, 0.4) is 0 Å². The standard InChI is InChI=1S/C35H52N6O3Si/c1-22-28(25-11-12-26-20-40(16-13-24(26)19-25)21-27-32(38-39-37-27)45(8,9)10)30(41-17-14-35(6,7)15-18-41)29(23(2)36-22)31(33(42)43)44-34(3,4)5/h11-12,19,31H,13-18,20-21H2,1-10H3,(H,42,43)(H,37,38,39)/t31-/m0/s1. The highest BCUT2D eigenvalue weighted by Crippen LogP contribution is 2.45. The fraction of sp³-hybridized carbons (Fsp3) is 0.600. The lowest BCUT2D eigenvalue weighted by Crippen LogP contribution is -2.43. The minimum absolute atomic E-state index is 0.252. The maximum atomic E-state index is 12.8. The van der Waals surface area contributed by atoms with Gasteiger partial charge in [0.1, 0.15) is 8.07 Å². The Morgan fingerprint density at radius 2 is 1.78 bits per heavy atom. The van der Waals surface area contributed by atoms with Crippen LogP contribution in [0.4, 0.5) is 5.69 Å². The average Bonchev–Trinajstić information content (AvgIpc) is 3.40. The molecule has 9 nitrogen and oxygen atoms in total. The number of aryl methyl sites for hydroxylation is 2. The van der Waals surface area contributed by atoms with Crippen LogP contribution in [0, 0.1) is 19.3 Å². The van der Waals surface area contributed by atoms with Gasteiger partial charge in [-0.25, -0.2) is 4.79 Å². The summed E-state index contributed by atoms with van der Waals surface area (Å²) in [6.07, 6.45) is 1.90. The van der Waals surface area contributed by atoms with E-state index in [1.54, 1.807) is 0 Å². The molecular weight excluding hydrogens is 581 g/mol. The van der Waals surface area contributed by atoms with Crippen LogP contribution in [0.25, 0.3) is 11.1 Å². The molecule has 3 aromatic rings. The molecule has 0 spiro atoms. The number of carbonyl (C=O) groups is 1. The molecule has 2 N–H and O–H groups in total. The van der Waals surface area contributed by atoms with Gasteiger partial charge in [-0.2, -0.15) is 0 Å². The van der Waals surface area contributed by atoms with Gasteiger partial charge in [-0.1, -0.05) is 56.9 Å². The number of aliphatic carboxylic acids is 1. The zero-order valence-corrected chi connectivity index (χ0v) is 30.0. The highest BCUT2D eigenvalue weighted by Gasteiger charge is 2.37. The summed E-state index contributed by atoms with van der Waals surface area (Å²) >= 11 is 0. The van der Waals surface area contributed by atoms with Crippen molar-refractivity contribution in [3.8, 4) is 11.1 Å². The van der Waals surface area contributed by atoms with Gasteiger partial charge in [0.25, 0.3) is 0 Å². The molecule has 0 amide bonds. The lowest BCUT2D eigenvalue weighted by molar-refractivity contribution is -0.160. The fourth-order valence-corrected chi connectivity index (χ4v) is 8.23. The molecule has 2 aliphatic heterocycles. The Balaban J connectivity index is 1.55. The van der Waals surface area contributed by atoms with Crippen molar-refractivity contribution in [2.75, 3.05) is 24.5 Å². The lowest BCUT2D eigenvalue weighted by atomic mass is 9.81. The SMILES string of the molecule is Cc1nc(C)c([C@H](OC(C)(C)C)C(=O)O)c(N2CCC(C)(C)CC2)c1-c1ccc2c(c1)CCN(Cc1[nH]nnc1[Si](C)(C)C)C2. The van der Waals surface area contributed by atoms with E-state index < -0.39 is 25.7 Å². The number of carboxylic acid groups (broad SMARTS) is 1. The minimum atomic E-state index is -1.58. The number of hydrogen-bond donors (Lipinski definition) is 2. The van der Waals surface area contributed by atoms with Crippen molar-refractivity contribution in [3.05, 3.63) is 52.0 Å². The molecule has 2 aromatic heterocycles. The number of piperidine rings is 1. The van der Waals surface area contributed by atoms with Gasteiger partial charge in [0.05, 0.1) is 22.3 Å². The highest BCUT2D eigenvalue weighted by molar-refractivity contribution is 6.88. The normalized spacial score (nSPS) is 18.1. The molecule has 4 heterocycles. The predicted octanol–water partition coefficient (Wildman–Crippen LogP) is 6.15. The summed E-state index contributed by atoms with van der Waals surface area (Å²) in [7, 11) is -1.58. The Labute approximate surface area is 269 Å². The fourth-order valence-electron chi connectivity index (χ4n) is 6.84. The number of benzene rings is 1. The summed E-state index contributed by atoms with van der Waals surface area (Å²) in [5, 5.41) is 23.4. The number of aromatic amines is 1. The Morgan fingerprint density at radius 1 is 1.09 bits per heavy atom. The molecule has 1 saturated heterocycles. The second-order valence-electron chi connectivity index (χ2n) is 15.9. The number of hydrogen-bond acceptors (Lipinski definition) is 7. The van der Waals surface area contributed by atoms with E-state index in [1.165, 1.54) is 11.1 Å². The van der Waals surface area contributed by atoms with Crippen LogP contribution < -0.4 is 10.2 Å². The van der Waals surface area contributed by atoms with Crippen molar-refractivity contribution in [2.45, 2.75) is 112 Å². The number of rotatable bonds is 8. The summed E-state index contributed by atoms with van der Waals surface area (Å²) in [5.41, 5.74) is 8.80. The second kappa shape index (κ2) is 12.3. The van der Waals surface area contributed by atoms with E-state index >= 15 is 0 Å². The smallest absolute Gasteiger partial charge is 0.337 e. The van der Waals surface area contributed by atoms with Gasteiger partial charge in [-0.05, 0) is 76.0 Å². The molecule has 5 rings (SSSR count). The maximum Gasteiger partial charge on any atom is 0.337 e. The topological polar surface area (TPSA) is 107 Å². The van der Waals surface area contributed by atoms with Crippen LogP contribution in [-0.4, -0.2) is 69.7 Å². The molecule has 0 bridgehead atoms. The number of nitrogens with one attached hydrogen (secondary N) is 1. The van der Waals surface area contributed by atoms with Crippen LogP contribution in [0.1, 0.15) is 87.3 Å². The van der Waals surface area contributed by atoms with Gasteiger partial charge < -0.3 is 14.7 Å². The third-order valence-corrected chi connectivity index (χ3v) is 11.1. The first-order valence-corrected chi connectivity index (χ1v) is 19.8. The molecule has 1 aromatic carbocycles. The Bertz CT molecular complexity index is 1560. The summed E-state index contributed by atoms with van der Waals surface area (Å²) in [4.78, 5) is 22.7. The van der Waals surface area contributed by atoms with Gasteiger partial charge in [0.15, 0.2) is 6.10 Å². The zero-order valence-electron chi connectivity index (χ0n) is 29.0. The van der Waals surface area contributed by atoms with E-state index in [4.69, 9.17) is 9.72 Å². The van der Waals surface area contributed by atoms with Gasteiger partial charge >= 0.3 is 5.97 Å². The number of H-pyrrole nitrogens is 1. The molecule has 0 saturated carbocycles. The van der Waals surface area contributed by atoms with Crippen molar-refractivity contribution in [1.29, 1.82) is 0 Å². The van der Waals surface area contributed by atoms with Crippen LogP contribution in [0.15, 0.2) is 18.2 Å². The molecule has 1 atom stereocenters. The number of ether oxygens (including phenoxy) is 1. The maximum absolute atomic E-state index is 12.8. The Hall–Kier alpha value is -3.08. The molecule has 0 aliphatic carbocycles. The average molecular weight is 633 g/mol. The summed E-state index contributed by atoms with van der Waals surface area (Å²) in [6, 6.07) is 6.77. The molecule has 10 heteroatoms. The van der Waals surface area contributed by atoms with Crippen molar-refractivity contribution < 1.29 is 14.6 Å². The zero-order chi connectivity index (χ0) is 32.9. The number of fused-ring (bicyclic) bond motifs is 1. The first kappa shape index (κ1) is 33.3. The minimum Gasteiger partial charge on any atom is -0.479 e.